The lowest BCUT2D eigenvalue weighted by atomic mass is 9.95. The molecule has 1 aromatic heterocycles. The van der Waals surface area contributed by atoms with Gasteiger partial charge in [-0.1, -0.05) is 12.1 Å². The van der Waals surface area contributed by atoms with E-state index in [-0.39, 0.29) is 23.7 Å². The quantitative estimate of drug-likeness (QED) is 0.790. The lowest BCUT2D eigenvalue weighted by molar-refractivity contribution is -0.114. The van der Waals surface area contributed by atoms with Crippen molar-refractivity contribution in [3.8, 4) is 11.3 Å². The van der Waals surface area contributed by atoms with Crippen molar-refractivity contribution in [3.05, 3.63) is 36.4 Å². The molecule has 0 unspecified atom stereocenters. The zero-order valence-electron chi connectivity index (χ0n) is 13.9. The normalized spacial score (nSPS) is 24.3. The maximum Gasteiger partial charge on any atom is 0.307 e. The number of nitrogens with zero attached hydrogens (tertiary/aromatic N) is 1. The van der Waals surface area contributed by atoms with Crippen molar-refractivity contribution in [1.29, 1.82) is 0 Å². The predicted octanol–water partition coefficient (Wildman–Crippen LogP) is 1.92. The van der Waals surface area contributed by atoms with E-state index in [4.69, 9.17) is 4.42 Å². The number of amides is 2. The molecule has 2 amide bonds. The van der Waals surface area contributed by atoms with Gasteiger partial charge >= 0.3 is 5.91 Å². The standard InChI is InChI=1S/C18H20N4O3/c1-10(23)20-13-5-3-2-4-12(13)16-9-19-18(25-16)17(24)22-15-8-11-6-7-14(15)21-11/h2-5,9,11,14-15,21H,6-8H2,1H3,(H,20,23)(H,22,24)/t11-,14-,15+/m0/s1. The number of benzene rings is 1. The van der Waals surface area contributed by atoms with Gasteiger partial charge in [-0.2, -0.15) is 0 Å². The molecule has 2 aromatic rings. The van der Waals surface area contributed by atoms with Crippen LogP contribution in [0.2, 0.25) is 0 Å². The van der Waals surface area contributed by atoms with Crippen molar-refractivity contribution in [2.75, 3.05) is 5.32 Å². The van der Waals surface area contributed by atoms with E-state index < -0.39 is 0 Å². The zero-order valence-corrected chi connectivity index (χ0v) is 13.9. The van der Waals surface area contributed by atoms with Crippen molar-refractivity contribution in [2.45, 2.75) is 44.3 Å². The summed E-state index contributed by atoms with van der Waals surface area (Å²) in [5, 5.41) is 9.25. The van der Waals surface area contributed by atoms with Crippen molar-refractivity contribution < 1.29 is 14.0 Å². The Balaban J connectivity index is 1.50. The van der Waals surface area contributed by atoms with Crippen LogP contribution in [-0.4, -0.2) is 34.9 Å². The average Bonchev–Trinajstić information content (AvgIpc) is 3.31. The highest BCUT2D eigenvalue weighted by Gasteiger charge is 2.40. The third-order valence-electron chi connectivity index (χ3n) is 4.82. The van der Waals surface area contributed by atoms with Crippen molar-refractivity contribution in [1.82, 2.24) is 15.6 Å². The highest BCUT2D eigenvalue weighted by Crippen LogP contribution is 2.30. The zero-order chi connectivity index (χ0) is 17.4. The van der Waals surface area contributed by atoms with Crippen LogP contribution in [0.3, 0.4) is 0 Å². The predicted molar refractivity (Wildman–Crippen MR) is 92.1 cm³/mol. The number of anilines is 1. The summed E-state index contributed by atoms with van der Waals surface area (Å²) in [6, 6.07) is 8.25. The van der Waals surface area contributed by atoms with E-state index >= 15 is 0 Å². The van der Waals surface area contributed by atoms with Crippen molar-refractivity contribution >= 4 is 17.5 Å². The highest BCUT2D eigenvalue weighted by atomic mass is 16.4. The van der Waals surface area contributed by atoms with Gasteiger partial charge in [-0.3, -0.25) is 9.59 Å². The van der Waals surface area contributed by atoms with E-state index in [0.717, 1.165) is 12.8 Å². The molecule has 7 heteroatoms. The third kappa shape index (κ3) is 3.15. The van der Waals surface area contributed by atoms with E-state index in [0.29, 0.717) is 29.1 Å². The van der Waals surface area contributed by atoms with E-state index in [1.54, 1.807) is 6.07 Å². The number of fused-ring (bicyclic) bond motifs is 2. The van der Waals surface area contributed by atoms with Crippen LogP contribution in [0.25, 0.3) is 11.3 Å². The summed E-state index contributed by atoms with van der Waals surface area (Å²) in [7, 11) is 0. The first-order valence-corrected chi connectivity index (χ1v) is 8.50. The summed E-state index contributed by atoms with van der Waals surface area (Å²) in [5.41, 5.74) is 1.31. The van der Waals surface area contributed by atoms with Crippen molar-refractivity contribution in [3.63, 3.8) is 0 Å². The minimum absolute atomic E-state index is 0.0374. The number of oxazole rings is 1. The highest BCUT2D eigenvalue weighted by molar-refractivity contribution is 5.94. The van der Waals surface area contributed by atoms with Gasteiger partial charge in [-0.05, 0) is 31.4 Å². The Kier molecular flexibility index (Phi) is 4.01. The summed E-state index contributed by atoms with van der Waals surface area (Å²) < 4.78 is 5.65. The van der Waals surface area contributed by atoms with Crippen LogP contribution in [0.5, 0.6) is 0 Å². The van der Waals surface area contributed by atoms with E-state index in [2.05, 4.69) is 20.9 Å². The topological polar surface area (TPSA) is 96.3 Å². The number of hydrogen-bond acceptors (Lipinski definition) is 5. The molecule has 0 radical (unpaired) electrons. The minimum atomic E-state index is -0.303. The smallest absolute Gasteiger partial charge is 0.307 e. The van der Waals surface area contributed by atoms with Gasteiger partial charge in [0.1, 0.15) is 0 Å². The molecule has 4 rings (SSSR count). The third-order valence-corrected chi connectivity index (χ3v) is 4.82. The summed E-state index contributed by atoms with van der Waals surface area (Å²) in [6.07, 6.45) is 4.74. The lowest BCUT2D eigenvalue weighted by Crippen LogP contribution is -2.43. The van der Waals surface area contributed by atoms with Gasteiger partial charge in [0, 0.05) is 30.6 Å². The fraction of sp³-hybridized carbons (Fsp3) is 0.389. The molecular formula is C18H20N4O3. The van der Waals surface area contributed by atoms with Gasteiger partial charge < -0.3 is 20.4 Å². The molecule has 2 aliphatic rings. The molecule has 3 N–H and O–H groups in total. The molecule has 2 aliphatic heterocycles. The summed E-state index contributed by atoms with van der Waals surface area (Å²) >= 11 is 0. The number of carbonyl (C=O) groups excluding carboxylic acids is 2. The SMILES string of the molecule is CC(=O)Nc1ccccc1-c1cnc(C(=O)N[C@@H]2C[C@@H]3CC[C@@H]2N3)o1. The second kappa shape index (κ2) is 6.33. The van der Waals surface area contributed by atoms with Gasteiger partial charge in [0.2, 0.25) is 5.91 Å². The molecule has 0 saturated carbocycles. The minimum Gasteiger partial charge on any atom is -0.432 e. The van der Waals surface area contributed by atoms with E-state index in [9.17, 15) is 9.59 Å². The Hall–Kier alpha value is -2.67. The molecule has 3 atom stereocenters. The molecule has 1 aromatic carbocycles. The van der Waals surface area contributed by atoms with Crippen LogP contribution < -0.4 is 16.0 Å². The van der Waals surface area contributed by atoms with Crippen LogP contribution >= 0.6 is 0 Å². The van der Waals surface area contributed by atoms with Crippen LogP contribution in [-0.2, 0) is 4.79 Å². The number of carbonyl (C=O) groups is 2. The number of hydrogen-bond donors (Lipinski definition) is 3. The van der Waals surface area contributed by atoms with Gasteiger partial charge in [0.05, 0.1) is 11.9 Å². The summed E-state index contributed by atoms with van der Waals surface area (Å²) in [4.78, 5) is 27.9. The molecule has 2 saturated heterocycles. The van der Waals surface area contributed by atoms with E-state index in [1.165, 1.54) is 19.5 Å². The first-order chi connectivity index (χ1) is 12.1. The Morgan fingerprint density at radius 2 is 2.12 bits per heavy atom. The number of aromatic nitrogens is 1. The molecule has 7 nitrogen and oxygen atoms in total. The molecule has 3 heterocycles. The Labute approximate surface area is 145 Å². The largest absolute Gasteiger partial charge is 0.432 e. The van der Waals surface area contributed by atoms with Crippen molar-refractivity contribution in [2.24, 2.45) is 0 Å². The fourth-order valence-electron chi connectivity index (χ4n) is 3.71. The lowest BCUT2D eigenvalue weighted by Gasteiger charge is -2.20. The molecule has 2 bridgehead atoms. The van der Waals surface area contributed by atoms with Crippen LogP contribution in [0, 0.1) is 0 Å². The first kappa shape index (κ1) is 15.8. The maximum atomic E-state index is 12.4. The van der Waals surface area contributed by atoms with Gasteiger partial charge in [-0.15, -0.1) is 0 Å². The van der Waals surface area contributed by atoms with Gasteiger partial charge in [0.15, 0.2) is 5.76 Å². The summed E-state index contributed by atoms with van der Waals surface area (Å²) in [5.74, 6) is 0.00675. The molecule has 25 heavy (non-hydrogen) atoms. The van der Waals surface area contributed by atoms with Crippen LogP contribution in [0.4, 0.5) is 5.69 Å². The Morgan fingerprint density at radius 1 is 1.28 bits per heavy atom. The summed E-state index contributed by atoms with van der Waals surface area (Å²) in [6.45, 7) is 1.44. The molecule has 0 spiro atoms. The monoisotopic (exact) mass is 340 g/mol. The maximum absolute atomic E-state index is 12.4. The second-order valence-electron chi connectivity index (χ2n) is 6.62. The van der Waals surface area contributed by atoms with Gasteiger partial charge in [-0.25, -0.2) is 4.98 Å². The Morgan fingerprint density at radius 3 is 2.84 bits per heavy atom. The first-order valence-electron chi connectivity index (χ1n) is 8.50. The Bertz CT molecular complexity index is 816. The van der Waals surface area contributed by atoms with Crippen LogP contribution in [0.1, 0.15) is 36.9 Å². The fourth-order valence-corrected chi connectivity index (χ4v) is 3.71. The number of rotatable bonds is 4. The number of para-hydroxylation sites is 1. The average molecular weight is 340 g/mol. The number of nitrogens with one attached hydrogen (secondary N) is 3. The van der Waals surface area contributed by atoms with Crippen LogP contribution in [0.15, 0.2) is 34.9 Å². The van der Waals surface area contributed by atoms with Gasteiger partial charge in [0.25, 0.3) is 5.89 Å². The molecule has 0 aliphatic carbocycles. The molecule has 2 fully saturated rings. The van der Waals surface area contributed by atoms with E-state index in [1.807, 2.05) is 18.2 Å². The molecular weight excluding hydrogens is 320 g/mol. The second-order valence-corrected chi connectivity index (χ2v) is 6.62. The molecule has 130 valence electrons.